The second kappa shape index (κ2) is 15.4. The van der Waals surface area contributed by atoms with E-state index < -0.39 is 28.8 Å². The molecule has 0 bridgehead atoms. The van der Waals surface area contributed by atoms with Crippen LogP contribution in [0.2, 0.25) is 0 Å². The minimum atomic E-state index is -1.31. The van der Waals surface area contributed by atoms with E-state index in [1.807, 2.05) is 56.4 Å². The van der Waals surface area contributed by atoms with Gasteiger partial charge in [-0.05, 0) is 110 Å². The molecule has 7 rings (SSSR count). The van der Waals surface area contributed by atoms with Crippen molar-refractivity contribution in [1.29, 1.82) is 0 Å². The molecule has 3 aromatic heterocycles. The van der Waals surface area contributed by atoms with Crippen molar-refractivity contribution in [3.63, 3.8) is 0 Å². The fourth-order valence-electron chi connectivity index (χ4n) is 7.60. The zero-order chi connectivity index (χ0) is 38.1. The molecular weight excluding hydrogens is 721 g/mol. The number of methoxy groups -OCH3 is 1. The number of nitrogens with one attached hydrogen (secondary N) is 2. The van der Waals surface area contributed by atoms with Gasteiger partial charge in [-0.3, -0.25) is 38.6 Å². The molecular formula is C41H40N6O5S2. The van der Waals surface area contributed by atoms with E-state index in [1.54, 1.807) is 49.7 Å². The molecule has 1 aliphatic rings. The monoisotopic (exact) mass is 760 g/mol. The lowest BCUT2D eigenvalue weighted by molar-refractivity contribution is 0.139. The van der Waals surface area contributed by atoms with Gasteiger partial charge in [-0.25, -0.2) is 0 Å². The number of nitrogens with zero attached hydrogens (tertiary/aromatic N) is 4. The highest BCUT2D eigenvalue weighted by atomic mass is 32.1. The molecule has 13 heteroatoms. The van der Waals surface area contributed by atoms with E-state index in [0.29, 0.717) is 29.2 Å². The average Bonchev–Trinajstić information content (AvgIpc) is 3.16. The van der Waals surface area contributed by atoms with Gasteiger partial charge in [0.15, 0.2) is 9.54 Å². The van der Waals surface area contributed by atoms with Crippen LogP contribution in [0, 0.1) is 23.4 Å². The Morgan fingerprint density at radius 3 is 1.96 bits per heavy atom. The lowest BCUT2D eigenvalue weighted by Gasteiger charge is -2.36. The van der Waals surface area contributed by atoms with E-state index in [0.717, 1.165) is 48.1 Å². The normalized spacial score (nSPS) is 14.7. The summed E-state index contributed by atoms with van der Waals surface area (Å²) >= 11 is 11.2. The van der Waals surface area contributed by atoms with Crippen molar-refractivity contribution in [2.75, 3.05) is 13.7 Å². The number of piperidine rings is 1. The van der Waals surface area contributed by atoms with Crippen LogP contribution in [0.1, 0.15) is 70.2 Å². The second-order valence-electron chi connectivity index (χ2n) is 13.5. The van der Waals surface area contributed by atoms with Crippen LogP contribution in [0.5, 0.6) is 17.5 Å². The number of pyridine rings is 1. The molecule has 11 nitrogen and oxygen atoms in total. The average molecular weight is 761 g/mol. The van der Waals surface area contributed by atoms with Gasteiger partial charge < -0.3 is 14.9 Å². The SMILES string of the molecule is COc1ccc(C(c2c(O)n(-c3ccccc3C)c(=S)[nH]c2=O)c2c(O)n(-c3ccccc3C)c(=S)[nH]c2=O)cc1CN1CCCC[C@@H]1c1cccnc1. The molecule has 1 fully saturated rings. The maximum atomic E-state index is 14.2. The van der Waals surface area contributed by atoms with Gasteiger partial charge in [-0.2, -0.15) is 0 Å². The summed E-state index contributed by atoms with van der Waals surface area (Å²) < 4.78 is 8.53. The van der Waals surface area contributed by atoms with Gasteiger partial charge in [0.1, 0.15) is 5.75 Å². The van der Waals surface area contributed by atoms with Gasteiger partial charge in [0.2, 0.25) is 11.8 Å². The van der Waals surface area contributed by atoms with E-state index in [9.17, 15) is 19.8 Å². The van der Waals surface area contributed by atoms with Crippen LogP contribution >= 0.6 is 24.4 Å². The van der Waals surface area contributed by atoms with Crippen LogP contribution in [0.3, 0.4) is 0 Å². The summed E-state index contributed by atoms with van der Waals surface area (Å²) in [7, 11) is 1.60. The van der Waals surface area contributed by atoms with Gasteiger partial charge >= 0.3 is 0 Å². The quantitative estimate of drug-likeness (QED) is 0.111. The summed E-state index contributed by atoms with van der Waals surface area (Å²) in [5.74, 6) is -1.65. The van der Waals surface area contributed by atoms with Crippen molar-refractivity contribution in [2.24, 2.45) is 0 Å². The van der Waals surface area contributed by atoms with E-state index in [2.05, 4.69) is 25.9 Å². The molecule has 4 heterocycles. The van der Waals surface area contributed by atoms with Crippen molar-refractivity contribution in [2.45, 2.75) is 51.6 Å². The van der Waals surface area contributed by atoms with Crippen LogP contribution in [0.25, 0.3) is 11.4 Å². The Morgan fingerprint density at radius 2 is 1.43 bits per heavy atom. The molecule has 0 spiro atoms. The van der Waals surface area contributed by atoms with Crippen molar-refractivity contribution in [3.05, 3.63) is 160 Å². The Bertz CT molecular complexity index is 2470. The number of hydrogen-bond donors (Lipinski definition) is 4. The standard InChI is InChI=1S/C41H40N6O5S2/c1-24-11-4-6-14-29(24)46-38(50)34(36(48)43-40(46)53)33(35-37(49)44-41(54)47(39(35)51)30-15-7-5-12-25(30)2)26-17-18-32(52-3)28(21-26)23-45-20-9-8-16-31(45)27-13-10-19-42-22-27/h4-7,10-15,17-19,21-22,31,33,50-51H,8-9,16,20,23H2,1-3H3,(H,43,48,53)(H,44,49,54)/t31-/m1/s1. The van der Waals surface area contributed by atoms with E-state index in [-0.39, 0.29) is 26.7 Å². The van der Waals surface area contributed by atoms with E-state index >= 15 is 0 Å². The number of hydrogen-bond acceptors (Lipinski definition) is 9. The summed E-state index contributed by atoms with van der Waals surface area (Å²) in [6.45, 7) is 5.04. The summed E-state index contributed by atoms with van der Waals surface area (Å²) in [5, 5.41) is 24.4. The number of aryl methyl sites for hydroxylation is 2. The lowest BCUT2D eigenvalue weighted by atomic mass is 9.85. The highest BCUT2D eigenvalue weighted by molar-refractivity contribution is 7.71. The molecule has 4 N–H and O–H groups in total. The molecule has 0 amide bonds. The van der Waals surface area contributed by atoms with Gasteiger partial charge in [-0.15, -0.1) is 0 Å². The highest BCUT2D eigenvalue weighted by Crippen LogP contribution is 2.41. The number of benzene rings is 3. The second-order valence-corrected chi connectivity index (χ2v) is 14.3. The molecule has 6 aromatic rings. The number of aromatic amines is 2. The topological polar surface area (TPSA) is 141 Å². The first kappa shape index (κ1) is 36.7. The van der Waals surface area contributed by atoms with Gasteiger partial charge in [-0.1, -0.05) is 55.0 Å². The van der Waals surface area contributed by atoms with Gasteiger partial charge in [0.05, 0.1) is 35.5 Å². The minimum absolute atomic E-state index is 0.0368. The fourth-order valence-corrected chi connectivity index (χ4v) is 8.16. The Labute approximate surface area is 321 Å². The Kier molecular flexibility index (Phi) is 10.5. The zero-order valence-corrected chi connectivity index (χ0v) is 31.7. The van der Waals surface area contributed by atoms with Crippen molar-refractivity contribution < 1.29 is 14.9 Å². The number of rotatable bonds is 9. The first-order chi connectivity index (χ1) is 26.1. The molecule has 0 aliphatic carbocycles. The number of para-hydroxylation sites is 2. The minimum Gasteiger partial charge on any atom is -0.496 e. The predicted molar refractivity (Wildman–Crippen MR) is 212 cm³/mol. The zero-order valence-electron chi connectivity index (χ0n) is 30.1. The van der Waals surface area contributed by atoms with E-state index in [1.165, 1.54) is 9.13 Å². The number of H-pyrrole nitrogens is 2. The smallest absolute Gasteiger partial charge is 0.259 e. The van der Waals surface area contributed by atoms with Crippen LogP contribution in [0.15, 0.2) is 101 Å². The molecule has 276 valence electrons. The maximum Gasteiger partial charge on any atom is 0.259 e. The molecule has 0 unspecified atom stereocenters. The van der Waals surface area contributed by atoms with Gasteiger partial charge in [0, 0.05) is 30.5 Å². The number of likely N-dealkylation sites (tertiary alicyclic amines) is 1. The Balaban J connectivity index is 1.49. The van der Waals surface area contributed by atoms with Crippen LogP contribution in [0.4, 0.5) is 0 Å². The third-order valence-corrected chi connectivity index (χ3v) is 10.8. The van der Waals surface area contributed by atoms with Crippen molar-refractivity contribution >= 4 is 24.4 Å². The number of aromatic hydroxyl groups is 2. The summed E-state index contributed by atoms with van der Waals surface area (Å²) in [6, 6.07) is 24.1. The van der Waals surface area contributed by atoms with Crippen molar-refractivity contribution in [3.8, 4) is 28.9 Å². The Morgan fingerprint density at radius 1 is 0.833 bits per heavy atom. The molecule has 54 heavy (non-hydrogen) atoms. The first-order valence-corrected chi connectivity index (χ1v) is 18.5. The Hall–Kier alpha value is -5.63. The number of aromatic nitrogens is 5. The van der Waals surface area contributed by atoms with E-state index in [4.69, 9.17) is 29.2 Å². The maximum absolute atomic E-state index is 14.2. The largest absolute Gasteiger partial charge is 0.496 e. The molecule has 0 saturated carbocycles. The van der Waals surface area contributed by atoms with Crippen molar-refractivity contribution in [1.82, 2.24) is 29.0 Å². The third kappa shape index (κ3) is 6.81. The van der Waals surface area contributed by atoms with Gasteiger partial charge in [0.25, 0.3) is 11.1 Å². The highest BCUT2D eigenvalue weighted by Gasteiger charge is 2.34. The summed E-state index contributed by atoms with van der Waals surface area (Å²) in [5.41, 5.74) is 3.16. The van der Waals surface area contributed by atoms with Crippen LogP contribution in [-0.4, -0.2) is 52.9 Å². The number of ether oxygens (including phenoxy) is 1. The molecule has 1 atom stereocenters. The fraction of sp³-hybridized carbons (Fsp3) is 0.244. The summed E-state index contributed by atoms with van der Waals surface area (Å²) in [6.07, 6.45) is 6.73. The van der Waals surface area contributed by atoms with Crippen LogP contribution < -0.4 is 15.9 Å². The van der Waals surface area contributed by atoms with Crippen LogP contribution in [-0.2, 0) is 6.54 Å². The lowest BCUT2D eigenvalue weighted by Crippen LogP contribution is -2.33. The first-order valence-electron chi connectivity index (χ1n) is 17.7. The third-order valence-electron chi connectivity index (χ3n) is 10.2. The molecule has 1 saturated heterocycles. The molecule has 0 radical (unpaired) electrons. The molecule has 1 aliphatic heterocycles. The predicted octanol–water partition coefficient (Wildman–Crippen LogP) is 7.44. The summed E-state index contributed by atoms with van der Waals surface area (Å²) in [4.78, 5) is 40.6. The molecule has 3 aromatic carbocycles.